The summed E-state index contributed by atoms with van der Waals surface area (Å²) in [6, 6.07) is 8.61. The largest absolute Gasteiger partial charge is 0.331 e. The van der Waals surface area contributed by atoms with Crippen molar-refractivity contribution in [2.45, 2.75) is 13.5 Å². The van der Waals surface area contributed by atoms with E-state index in [1.54, 1.807) is 25.2 Å². The van der Waals surface area contributed by atoms with E-state index in [0.29, 0.717) is 5.56 Å². The number of aromatic nitrogens is 2. The van der Waals surface area contributed by atoms with Crippen LogP contribution in [0.1, 0.15) is 16.7 Å². The fourth-order valence-electron chi connectivity index (χ4n) is 1.87. The maximum Gasteiger partial charge on any atom is 0.331 e. The summed E-state index contributed by atoms with van der Waals surface area (Å²) in [5.41, 5.74) is 1.62. The average molecular weight is 255 g/mol. The van der Waals surface area contributed by atoms with Gasteiger partial charge in [-0.2, -0.15) is 5.26 Å². The first-order valence-electron chi connectivity index (χ1n) is 5.79. The van der Waals surface area contributed by atoms with Crippen molar-refractivity contribution in [1.82, 2.24) is 9.13 Å². The average Bonchev–Trinajstić information content (AvgIpc) is 2.40. The Kier molecular flexibility index (Phi) is 3.34. The topological polar surface area (TPSA) is 67.8 Å². The van der Waals surface area contributed by atoms with Crippen molar-refractivity contribution in [3.05, 3.63) is 68.0 Å². The molecule has 0 fully saturated rings. The lowest BCUT2D eigenvalue weighted by atomic mass is 10.1. The highest BCUT2D eigenvalue weighted by molar-refractivity contribution is 5.37. The molecule has 0 aliphatic carbocycles. The van der Waals surface area contributed by atoms with E-state index < -0.39 is 0 Å². The zero-order chi connectivity index (χ0) is 14.0. The molecule has 0 unspecified atom stereocenters. The lowest BCUT2D eigenvalue weighted by Crippen LogP contribution is -2.38. The van der Waals surface area contributed by atoms with E-state index >= 15 is 0 Å². The van der Waals surface area contributed by atoms with Crippen molar-refractivity contribution in [2.24, 2.45) is 7.05 Å². The fourth-order valence-corrected chi connectivity index (χ4v) is 1.87. The summed E-state index contributed by atoms with van der Waals surface area (Å²) in [6.07, 6.45) is 1.45. The SMILES string of the molecule is Cc1cc(C#N)ccc1Cn1c(=O)ccn(C)c1=O. The minimum Gasteiger partial charge on any atom is -0.303 e. The fraction of sp³-hybridized carbons (Fsp3) is 0.214. The molecule has 0 aliphatic rings. The van der Waals surface area contributed by atoms with Crippen LogP contribution in [-0.2, 0) is 13.6 Å². The van der Waals surface area contributed by atoms with Crippen LogP contribution in [-0.4, -0.2) is 9.13 Å². The van der Waals surface area contributed by atoms with Crippen LogP contribution in [0.2, 0.25) is 0 Å². The molecule has 0 bridgehead atoms. The van der Waals surface area contributed by atoms with Crippen LogP contribution < -0.4 is 11.2 Å². The third kappa shape index (κ3) is 2.47. The van der Waals surface area contributed by atoms with Gasteiger partial charge in [-0.05, 0) is 30.2 Å². The molecule has 1 heterocycles. The van der Waals surface area contributed by atoms with Crippen LogP contribution in [0.15, 0.2) is 40.1 Å². The Morgan fingerprint density at radius 3 is 2.63 bits per heavy atom. The van der Waals surface area contributed by atoms with Crippen molar-refractivity contribution in [2.75, 3.05) is 0 Å². The molecule has 0 radical (unpaired) electrons. The summed E-state index contributed by atoms with van der Waals surface area (Å²) < 4.78 is 2.54. The molecule has 96 valence electrons. The molecule has 0 amide bonds. The second-order valence-corrected chi connectivity index (χ2v) is 4.39. The summed E-state index contributed by atoms with van der Waals surface area (Å²) in [6.45, 7) is 2.07. The van der Waals surface area contributed by atoms with Gasteiger partial charge in [0.25, 0.3) is 5.56 Å². The minimum absolute atomic E-state index is 0.212. The van der Waals surface area contributed by atoms with Crippen LogP contribution in [0.25, 0.3) is 0 Å². The van der Waals surface area contributed by atoms with E-state index in [4.69, 9.17) is 5.26 Å². The monoisotopic (exact) mass is 255 g/mol. The smallest absolute Gasteiger partial charge is 0.303 e. The van der Waals surface area contributed by atoms with Crippen LogP contribution in [0.3, 0.4) is 0 Å². The molecule has 0 aliphatic heterocycles. The van der Waals surface area contributed by atoms with E-state index in [1.807, 2.05) is 6.92 Å². The van der Waals surface area contributed by atoms with Gasteiger partial charge >= 0.3 is 5.69 Å². The van der Waals surface area contributed by atoms with Crippen molar-refractivity contribution >= 4 is 0 Å². The summed E-state index contributed by atoms with van der Waals surface area (Å²) in [5, 5.41) is 8.81. The summed E-state index contributed by atoms with van der Waals surface area (Å²) in [7, 11) is 1.60. The molecule has 0 N–H and O–H groups in total. The van der Waals surface area contributed by atoms with Crippen LogP contribution in [0.5, 0.6) is 0 Å². The Morgan fingerprint density at radius 1 is 1.26 bits per heavy atom. The maximum atomic E-state index is 11.9. The predicted molar refractivity (Wildman–Crippen MR) is 70.9 cm³/mol. The maximum absolute atomic E-state index is 11.9. The lowest BCUT2D eigenvalue weighted by molar-refractivity contribution is 0.638. The molecular weight excluding hydrogens is 242 g/mol. The predicted octanol–water partition coefficient (Wildman–Crippen LogP) is 0.775. The highest BCUT2D eigenvalue weighted by Crippen LogP contribution is 2.10. The molecule has 1 aromatic heterocycles. The van der Waals surface area contributed by atoms with Gasteiger partial charge in [0.15, 0.2) is 0 Å². The third-order valence-electron chi connectivity index (χ3n) is 3.04. The zero-order valence-corrected chi connectivity index (χ0v) is 10.8. The number of nitrogens with zero attached hydrogens (tertiary/aromatic N) is 3. The minimum atomic E-state index is -0.351. The molecule has 0 saturated carbocycles. The number of benzene rings is 1. The van der Waals surface area contributed by atoms with Crippen molar-refractivity contribution in [3.8, 4) is 6.07 Å². The van der Waals surface area contributed by atoms with Crippen LogP contribution >= 0.6 is 0 Å². The van der Waals surface area contributed by atoms with Crippen molar-refractivity contribution < 1.29 is 0 Å². The van der Waals surface area contributed by atoms with Crippen molar-refractivity contribution in [1.29, 1.82) is 5.26 Å². The molecule has 0 spiro atoms. The molecule has 1 aromatic carbocycles. The molecule has 2 rings (SSSR count). The Labute approximate surface area is 110 Å². The van der Waals surface area contributed by atoms with Gasteiger partial charge in [-0.3, -0.25) is 9.36 Å². The van der Waals surface area contributed by atoms with Crippen LogP contribution in [0.4, 0.5) is 0 Å². The summed E-state index contributed by atoms with van der Waals surface area (Å²) in [4.78, 5) is 23.6. The standard InChI is InChI=1S/C14H13N3O2/c1-10-7-11(8-15)3-4-12(10)9-17-13(18)5-6-16(2)14(17)19/h3-7H,9H2,1-2H3. The zero-order valence-electron chi connectivity index (χ0n) is 10.8. The van der Waals surface area contributed by atoms with E-state index in [0.717, 1.165) is 11.1 Å². The van der Waals surface area contributed by atoms with Gasteiger partial charge in [-0.15, -0.1) is 0 Å². The third-order valence-corrected chi connectivity index (χ3v) is 3.04. The van der Waals surface area contributed by atoms with Gasteiger partial charge in [0, 0.05) is 19.3 Å². The van der Waals surface area contributed by atoms with Gasteiger partial charge in [0.2, 0.25) is 0 Å². The highest BCUT2D eigenvalue weighted by atomic mass is 16.2. The van der Waals surface area contributed by atoms with E-state index in [9.17, 15) is 9.59 Å². The molecule has 0 saturated heterocycles. The van der Waals surface area contributed by atoms with Gasteiger partial charge in [0.1, 0.15) is 0 Å². The first-order valence-corrected chi connectivity index (χ1v) is 5.79. The van der Waals surface area contributed by atoms with Crippen LogP contribution in [0, 0.1) is 18.3 Å². The molecule has 5 nitrogen and oxygen atoms in total. The molecule has 0 atom stereocenters. The van der Waals surface area contributed by atoms with Gasteiger partial charge in [-0.1, -0.05) is 6.07 Å². The van der Waals surface area contributed by atoms with E-state index in [-0.39, 0.29) is 17.8 Å². The second kappa shape index (κ2) is 4.94. The van der Waals surface area contributed by atoms with Gasteiger partial charge in [0.05, 0.1) is 18.2 Å². The Balaban J connectivity index is 2.49. The Morgan fingerprint density at radius 2 is 2.00 bits per heavy atom. The van der Waals surface area contributed by atoms with Gasteiger partial charge < -0.3 is 4.57 Å². The Hall–Kier alpha value is -2.61. The molecular formula is C14H13N3O2. The summed E-state index contributed by atoms with van der Waals surface area (Å²) >= 11 is 0. The van der Waals surface area contributed by atoms with Gasteiger partial charge in [-0.25, -0.2) is 4.79 Å². The molecule has 5 heteroatoms. The first-order chi connectivity index (χ1) is 9.02. The number of hydrogen-bond acceptors (Lipinski definition) is 3. The number of rotatable bonds is 2. The lowest BCUT2D eigenvalue weighted by Gasteiger charge is -2.09. The van der Waals surface area contributed by atoms with E-state index in [2.05, 4.69) is 6.07 Å². The molecule has 2 aromatic rings. The van der Waals surface area contributed by atoms with E-state index in [1.165, 1.54) is 21.4 Å². The normalized spacial score (nSPS) is 10.2. The number of nitriles is 1. The number of hydrogen-bond donors (Lipinski definition) is 0. The number of aryl methyl sites for hydroxylation is 2. The Bertz CT molecular complexity index is 778. The summed E-state index contributed by atoms with van der Waals surface area (Å²) in [5.74, 6) is 0. The first kappa shape index (κ1) is 12.8. The second-order valence-electron chi connectivity index (χ2n) is 4.39. The quantitative estimate of drug-likeness (QED) is 0.796. The highest BCUT2D eigenvalue weighted by Gasteiger charge is 2.06. The molecule has 19 heavy (non-hydrogen) atoms. The van der Waals surface area contributed by atoms with Crippen molar-refractivity contribution in [3.63, 3.8) is 0 Å².